The molecule has 1 aromatic carbocycles. The Bertz CT molecular complexity index is 823. The van der Waals surface area contributed by atoms with Crippen LogP contribution < -0.4 is 5.73 Å². The summed E-state index contributed by atoms with van der Waals surface area (Å²) in [4.78, 5) is 7.35. The van der Waals surface area contributed by atoms with Crippen LogP contribution in [0.15, 0.2) is 42.7 Å². The number of nitrogens with two attached hydrogens (primary N) is 1. The minimum absolute atomic E-state index is 0.568. The highest BCUT2D eigenvalue weighted by Crippen LogP contribution is 2.36. The first kappa shape index (κ1) is 16.5. The average molecular weight is 333 g/mol. The summed E-state index contributed by atoms with van der Waals surface area (Å²) in [6.45, 7) is 0.568. The first-order valence-electron chi connectivity index (χ1n) is 7.83. The van der Waals surface area contributed by atoms with Crippen molar-refractivity contribution in [2.45, 2.75) is 25.4 Å². The Balaban J connectivity index is 2.14. The van der Waals surface area contributed by atoms with E-state index in [-0.39, 0.29) is 0 Å². The second kappa shape index (κ2) is 6.65. The molecule has 0 saturated heterocycles. The molecule has 0 aliphatic rings. The fourth-order valence-electron chi connectivity index (χ4n) is 2.89. The highest BCUT2D eigenvalue weighted by Gasteiger charge is 2.31. The quantitative estimate of drug-likeness (QED) is 0.674. The minimum Gasteiger partial charge on any atom is -0.354 e. The smallest absolute Gasteiger partial charge is 0.354 e. The van der Waals surface area contributed by atoms with Gasteiger partial charge in [-0.15, -0.1) is 0 Å². The number of benzene rings is 1. The summed E-state index contributed by atoms with van der Waals surface area (Å²) < 4.78 is 39.1. The Morgan fingerprint density at radius 1 is 1.12 bits per heavy atom. The Kier molecular flexibility index (Phi) is 4.57. The van der Waals surface area contributed by atoms with E-state index >= 15 is 0 Å². The van der Waals surface area contributed by atoms with Crippen LogP contribution in [0, 0.1) is 0 Å². The van der Waals surface area contributed by atoms with Gasteiger partial charge in [-0.3, -0.25) is 4.98 Å². The van der Waals surface area contributed by atoms with Crippen LogP contribution in [0.4, 0.5) is 13.2 Å². The number of hydrogen-bond acceptors (Lipinski definition) is 2. The molecule has 6 heteroatoms. The molecule has 24 heavy (non-hydrogen) atoms. The summed E-state index contributed by atoms with van der Waals surface area (Å²) in [5, 5.41) is 0.612. The fraction of sp³-hybridized carbons (Fsp3) is 0.278. The molecule has 0 atom stereocenters. The van der Waals surface area contributed by atoms with Gasteiger partial charge >= 0.3 is 6.18 Å². The molecule has 0 amide bonds. The largest absolute Gasteiger partial charge is 0.416 e. The van der Waals surface area contributed by atoms with Gasteiger partial charge in [-0.05, 0) is 61.7 Å². The summed E-state index contributed by atoms with van der Waals surface area (Å²) >= 11 is 0. The normalized spacial score (nSPS) is 12.0. The number of aromatic nitrogens is 2. The van der Waals surface area contributed by atoms with Gasteiger partial charge in [0.1, 0.15) is 0 Å². The van der Waals surface area contributed by atoms with Gasteiger partial charge in [0.25, 0.3) is 0 Å². The second-order valence-electron chi connectivity index (χ2n) is 5.72. The first-order chi connectivity index (χ1) is 11.5. The molecular weight excluding hydrogens is 315 g/mol. The van der Waals surface area contributed by atoms with Crippen LogP contribution in [-0.2, 0) is 12.6 Å². The average Bonchev–Trinajstić information content (AvgIpc) is 2.93. The number of H-pyrrole nitrogens is 1. The van der Waals surface area contributed by atoms with E-state index in [1.54, 1.807) is 12.4 Å². The van der Waals surface area contributed by atoms with E-state index < -0.39 is 11.7 Å². The number of hydrogen-bond donors (Lipinski definition) is 2. The van der Waals surface area contributed by atoms with Crippen molar-refractivity contribution < 1.29 is 13.2 Å². The molecule has 3 N–H and O–H groups in total. The summed E-state index contributed by atoms with van der Waals surface area (Å²) in [6.07, 6.45) is 1.35. The zero-order chi connectivity index (χ0) is 17.2. The third-order valence-corrected chi connectivity index (χ3v) is 4.06. The minimum atomic E-state index is -4.35. The van der Waals surface area contributed by atoms with Crippen LogP contribution >= 0.6 is 0 Å². The Labute approximate surface area is 137 Å². The molecule has 126 valence electrons. The van der Waals surface area contributed by atoms with Gasteiger partial charge in [0, 0.05) is 28.9 Å². The van der Waals surface area contributed by atoms with Crippen molar-refractivity contribution in [3.8, 4) is 11.3 Å². The molecular formula is C18H18F3N3. The van der Waals surface area contributed by atoms with Gasteiger partial charge in [-0.25, -0.2) is 0 Å². The van der Waals surface area contributed by atoms with Crippen molar-refractivity contribution in [1.29, 1.82) is 0 Å². The van der Waals surface area contributed by atoms with Crippen LogP contribution in [0.3, 0.4) is 0 Å². The maximum Gasteiger partial charge on any atom is 0.416 e. The molecule has 0 unspecified atom stereocenters. The summed E-state index contributed by atoms with van der Waals surface area (Å²) in [5.41, 5.74) is 8.19. The number of pyridine rings is 1. The lowest BCUT2D eigenvalue weighted by atomic mass is 10.00. The zero-order valence-corrected chi connectivity index (χ0v) is 13.0. The lowest BCUT2D eigenvalue weighted by Crippen LogP contribution is -2.04. The van der Waals surface area contributed by atoms with Gasteiger partial charge in [0.05, 0.1) is 11.3 Å². The first-order valence-corrected chi connectivity index (χ1v) is 7.83. The number of nitrogens with zero attached hydrogens (tertiary/aromatic N) is 1. The lowest BCUT2D eigenvalue weighted by Gasteiger charge is -2.08. The standard InChI is InChI=1S/C18H18F3N3/c19-18(20,21)13-6-7-16-15(10-13)14(5-1-2-8-22)17(24-16)12-4-3-9-23-11-12/h3-4,6-7,9-11,24H,1-2,5,8,22H2. The third-order valence-electron chi connectivity index (χ3n) is 4.06. The Hall–Kier alpha value is -2.34. The van der Waals surface area contributed by atoms with E-state index in [0.717, 1.165) is 35.7 Å². The van der Waals surface area contributed by atoms with Crippen molar-refractivity contribution in [3.63, 3.8) is 0 Å². The Morgan fingerprint density at radius 2 is 1.96 bits per heavy atom. The van der Waals surface area contributed by atoms with E-state index in [9.17, 15) is 13.2 Å². The lowest BCUT2D eigenvalue weighted by molar-refractivity contribution is -0.137. The van der Waals surface area contributed by atoms with Crippen molar-refractivity contribution in [3.05, 3.63) is 53.9 Å². The van der Waals surface area contributed by atoms with Crippen molar-refractivity contribution in [2.24, 2.45) is 5.73 Å². The van der Waals surface area contributed by atoms with E-state index in [4.69, 9.17) is 5.73 Å². The van der Waals surface area contributed by atoms with E-state index in [1.807, 2.05) is 12.1 Å². The van der Waals surface area contributed by atoms with Gasteiger partial charge < -0.3 is 10.7 Å². The zero-order valence-electron chi connectivity index (χ0n) is 13.0. The van der Waals surface area contributed by atoms with Crippen molar-refractivity contribution in [2.75, 3.05) is 6.54 Å². The summed E-state index contributed by atoms with van der Waals surface area (Å²) in [7, 11) is 0. The van der Waals surface area contributed by atoms with Crippen molar-refractivity contribution >= 4 is 10.9 Å². The molecule has 0 fully saturated rings. The molecule has 0 saturated carbocycles. The van der Waals surface area contributed by atoms with Gasteiger partial charge in [-0.2, -0.15) is 13.2 Å². The predicted octanol–water partition coefficient (Wildman–Crippen LogP) is 4.53. The molecule has 2 aromatic heterocycles. The molecule has 0 radical (unpaired) electrons. The number of aryl methyl sites for hydroxylation is 1. The number of alkyl halides is 3. The molecule has 0 spiro atoms. The highest BCUT2D eigenvalue weighted by atomic mass is 19.4. The van der Waals surface area contributed by atoms with Crippen LogP contribution in [0.1, 0.15) is 24.0 Å². The molecule has 3 aromatic rings. The molecule has 3 rings (SSSR count). The SMILES string of the molecule is NCCCCc1c(-c2cccnc2)[nH]c2ccc(C(F)(F)F)cc12. The molecule has 0 aliphatic heterocycles. The van der Waals surface area contributed by atoms with Crippen LogP contribution in [0.2, 0.25) is 0 Å². The van der Waals surface area contributed by atoms with Crippen molar-refractivity contribution in [1.82, 2.24) is 9.97 Å². The summed E-state index contributed by atoms with van der Waals surface area (Å²) in [5.74, 6) is 0. The highest BCUT2D eigenvalue weighted by molar-refractivity contribution is 5.91. The number of halogens is 3. The van der Waals surface area contributed by atoms with Crippen LogP contribution in [0.5, 0.6) is 0 Å². The van der Waals surface area contributed by atoms with Crippen LogP contribution in [-0.4, -0.2) is 16.5 Å². The van der Waals surface area contributed by atoms with Gasteiger partial charge in [0.15, 0.2) is 0 Å². The molecule has 2 heterocycles. The number of unbranched alkanes of at least 4 members (excludes halogenated alkanes) is 1. The maximum atomic E-state index is 13.0. The number of aromatic amines is 1. The van der Waals surface area contributed by atoms with Crippen LogP contribution in [0.25, 0.3) is 22.2 Å². The fourth-order valence-corrected chi connectivity index (χ4v) is 2.89. The number of fused-ring (bicyclic) bond motifs is 1. The molecule has 0 bridgehead atoms. The van der Waals surface area contributed by atoms with E-state index in [0.29, 0.717) is 23.9 Å². The number of nitrogens with one attached hydrogen (secondary N) is 1. The number of rotatable bonds is 5. The molecule has 3 nitrogen and oxygen atoms in total. The summed E-state index contributed by atoms with van der Waals surface area (Å²) in [6, 6.07) is 7.53. The van der Waals surface area contributed by atoms with Gasteiger partial charge in [-0.1, -0.05) is 0 Å². The maximum absolute atomic E-state index is 13.0. The predicted molar refractivity (Wildman–Crippen MR) is 88.5 cm³/mol. The monoisotopic (exact) mass is 333 g/mol. The third kappa shape index (κ3) is 3.28. The van der Waals surface area contributed by atoms with Gasteiger partial charge in [0.2, 0.25) is 0 Å². The Morgan fingerprint density at radius 3 is 2.62 bits per heavy atom. The molecule has 0 aliphatic carbocycles. The second-order valence-corrected chi connectivity index (χ2v) is 5.72. The topological polar surface area (TPSA) is 54.7 Å². The van der Waals surface area contributed by atoms with E-state index in [2.05, 4.69) is 9.97 Å². The van der Waals surface area contributed by atoms with E-state index in [1.165, 1.54) is 12.1 Å².